The largest absolute Gasteiger partial charge is 0.496 e. The van der Waals surface area contributed by atoms with E-state index >= 15 is 0 Å². The molecule has 0 aliphatic carbocycles. The number of methoxy groups -OCH3 is 1. The van der Waals surface area contributed by atoms with Gasteiger partial charge in [-0.15, -0.1) is 0 Å². The first kappa shape index (κ1) is 17.1. The maximum Gasteiger partial charge on any atom is 0.181 e. The average Bonchev–Trinajstić information content (AvgIpc) is 3.27. The number of hydrogen-bond donors (Lipinski definition) is 1. The van der Waals surface area contributed by atoms with Crippen molar-refractivity contribution < 1.29 is 13.8 Å². The van der Waals surface area contributed by atoms with Crippen molar-refractivity contribution in [2.75, 3.05) is 19.0 Å². The number of anilines is 1. The maximum atomic E-state index is 5.46. The lowest BCUT2D eigenvalue weighted by molar-refractivity contribution is 0.392. The third kappa shape index (κ3) is 3.14. The summed E-state index contributed by atoms with van der Waals surface area (Å²) in [4.78, 5) is 0. The van der Waals surface area contributed by atoms with Crippen molar-refractivity contribution >= 4 is 16.8 Å². The van der Waals surface area contributed by atoms with Crippen LogP contribution in [-0.2, 0) is 0 Å². The minimum absolute atomic E-state index is 0.0684. The summed E-state index contributed by atoms with van der Waals surface area (Å²) in [5.41, 5.74) is 3.85. The summed E-state index contributed by atoms with van der Waals surface area (Å²) in [6.45, 7) is 4.53. The molecule has 138 valence electrons. The van der Waals surface area contributed by atoms with Crippen LogP contribution in [0, 0.1) is 13.8 Å². The number of rotatable bonds is 6. The summed E-state index contributed by atoms with van der Waals surface area (Å²) >= 11 is 0. The van der Waals surface area contributed by atoms with Crippen molar-refractivity contribution in [2.45, 2.75) is 19.8 Å². The normalized spacial score (nSPS) is 12.3. The van der Waals surface area contributed by atoms with Crippen molar-refractivity contribution in [1.29, 1.82) is 0 Å². The number of ether oxygens (including phenoxy) is 1. The standard InChI is InChI=1S/C21H21N3O3/c1-13-19(14(2)26-23-13)16(15-8-5-4-6-9-15)12-22-21-20-17(25-3)10-7-11-18(20)27-24-21/h4-11,16H,12H2,1-3H3,(H,22,24). The van der Waals surface area contributed by atoms with Crippen LogP contribution >= 0.6 is 0 Å². The van der Waals surface area contributed by atoms with E-state index in [4.69, 9.17) is 13.8 Å². The first-order valence-electron chi connectivity index (χ1n) is 8.83. The van der Waals surface area contributed by atoms with Gasteiger partial charge in [0.05, 0.1) is 12.8 Å². The molecule has 2 heterocycles. The van der Waals surface area contributed by atoms with Gasteiger partial charge in [-0.1, -0.05) is 46.7 Å². The number of aromatic nitrogens is 2. The molecule has 0 fully saturated rings. The summed E-state index contributed by atoms with van der Waals surface area (Å²) in [7, 11) is 1.64. The summed E-state index contributed by atoms with van der Waals surface area (Å²) in [5, 5.41) is 12.6. The Morgan fingerprint density at radius 1 is 1.00 bits per heavy atom. The quantitative estimate of drug-likeness (QED) is 0.536. The monoisotopic (exact) mass is 363 g/mol. The first-order chi connectivity index (χ1) is 13.2. The number of aryl methyl sites for hydroxylation is 2. The zero-order valence-electron chi connectivity index (χ0n) is 15.5. The van der Waals surface area contributed by atoms with E-state index in [0.29, 0.717) is 17.9 Å². The molecule has 0 aliphatic heterocycles. The van der Waals surface area contributed by atoms with Gasteiger partial charge in [-0.3, -0.25) is 0 Å². The molecular weight excluding hydrogens is 342 g/mol. The Balaban J connectivity index is 1.70. The topological polar surface area (TPSA) is 73.3 Å². The zero-order chi connectivity index (χ0) is 18.8. The van der Waals surface area contributed by atoms with Gasteiger partial charge >= 0.3 is 0 Å². The smallest absolute Gasteiger partial charge is 0.181 e. The Morgan fingerprint density at radius 2 is 1.81 bits per heavy atom. The molecule has 0 saturated carbocycles. The molecule has 6 nitrogen and oxygen atoms in total. The fourth-order valence-corrected chi connectivity index (χ4v) is 3.51. The van der Waals surface area contributed by atoms with E-state index < -0.39 is 0 Å². The molecule has 0 bridgehead atoms. The predicted molar refractivity (Wildman–Crippen MR) is 103 cm³/mol. The highest BCUT2D eigenvalue weighted by Gasteiger charge is 2.23. The van der Waals surface area contributed by atoms with Crippen LogP contribution in [0.1, 0.15) is 28.5 Å². The Hall–Kier alpha value is -3.28. The minimum Gasteiger partial charge on any atom is -0.496 e. The van der Waals surface area contributed by atoms with Crippen molar-refractivity contribution in [3.8, 4) is 5.75 Å². The van der Waals surface area contributed by atoms with E-state index in [0.717, 1.165) is 28.2 Å². The molecule has 0 aliphatic rings. The van der Waals surface area contributed by atoms with Crippen LogP contribution < -0.4 is 10.1 Å². The van der Waals surface area contributed by atoms with E-state index in [2.05, 4.69) is 27.8 Å². The molecule has 1 N–H and O–H groups in total. The Bertz CT molecular complexity index is 1030. The molecule has 1 unspecified atom stereocenters. The third-order valence-corrected chi connectivity index (χ3v) is 4.79. The fraction of sp³-hybridized carbons (Fsp3) is 0.238. The molecule has 2 aromatic heterocycles. The molecule has 0 spiro atoms. The highest BCUT2D eigenvalue weighted by Crippen LogP contribution is 2.34. The number of nitrogens with one attached hydrogen (secondary N) is 1. The molecule has 4 aromatic rings. The van der Waals surface area contributed by atoms with Gasteiger partial charge in [-0.05, 0) is 31.5 Å². The number of fused-ring (bicyclic) bond motifs is 1. The molecule has 1 atom stereocenters. The Morgan fingerprint density at radius 3 is 2.52 bits per heavy atom. The molecule has 0 radical (unpaired) electrons. The second-order valence-electron chi connectivity index (χ2n) is 6.45. The van der Waals surface area contributed by atoms with Crippen LogP contribution in [-0.4, -0.2) is 24.0 Å². The lowest BCUT2D eigenvalue weighted by Crippen LogP contribution is -2.15. The summed E-state index contributed by atoms with van der Waals surface area (Å²) in [5.74, 6) is 2.28. The second-order valence-corrected chi connectivity index (χ2v) is 6.45. The van der Waals surface area contributed by atoms with Crippen molar-refractivity contribution in [1.82, 2.24) is 10.3 Å². The number of hydrogen-bond acceptors (Lipinski definition) is 6. The predicted octanol–water partition coefficient (Wildman–Crippen LogP) is 4.69. The second kappa shape index (κ2) is 7.15. The zero-order valence-corrected chi connectivity index (χ0v) is 15.5. The first-order valence-corrected chi connectivity index (χ1v) is 8.83. The van der Waals surface area contributed by atoms with Gasteiger partial charge in [0.1, 0.15) is 16.9 Å². The van der Waals surface area contributed by atoms with E-state index in [1.807, 2.05) is 50.2 Å². The third-order valence-electron chi connectivity index (χ3n) is 4.79. The van der Waals surface area contributed by atoms with Crippen LogP contribution in [0.25, 0.3) is 11.0 Å². The van der Waals surface area contributed by atoms with Crippen molar-refractivity contribution in [3.63, 3.8) is 0 Å². The average molecular weight is 363 g/mol. The van der Waals surface area contributed by atoms with Gasteiger partial charge in [0, 0.05) is 18.0 Å². The molecule has 4 rings (SSSR count). The van der Waals surface area contributed by atoms with Crippen molar-refractivity contribution in [2.24, 2.45) is 0 Å². The van der Waals surface area contributed by atoms with Crippen LogP contribution in [0.3, 0.4) is 0 Å². The molecular formula is C21H21N3O3. The van der Waals surface area contributed by atoms with E-state index in [-0.39, 0.29) is 5.92 Å². The summed E-state index contributed by atoms with van der Waals surface area (Å²) in [6.07, 6.45) is 0. The van der Waals surface area contributed by atoms with Gasteiger partial charge in [0.15, 0.2) is 11.4 Å². The van der Waals surface area contributed by atoms with Gasteiger partial charge in [0.2, 0.25) is 0 Å². The molecule has 0 amide bonds. The number of benzene rings is 2. The van der Waals surface area contributed by atoms with Crippen LogP contribution in [0.15, 0.2) is 57.6 Å². The van der Waals surface area contributed by atoms with E-state index in [1.54, 1.807) is 7.11 Å². The SMILES string of the molecule is COc1cccc2onc(NCC(c3ccccc3)c3c(C)noc3C)c12. The minimum atomic E-state index is 0.0684. The fourth-order valence-electron chi connectivity index (χ4n) is 3.51. The van der Waals surface area contributed by atoms with Crippen LogP contribution in [0.2, 0.25) is 0 Å². The summed E-state index contributed by atoms with van der Waals surface area (Å²) in [6, 6.07) is 16.0. The van der Waals surface area contributed by atoms with Crippen LogP contribution in [0.4, 0.5) is 5.82 Å². The Labute approximate surface area is 157 Å². The van der Waals surface area contributed by atoms with E-state index in [1.165, 1.54) is 5.56 Å². The summed E-state index contributed by atoms with van der Waals surface area (Å²) < 4.78 is 16.3. The maximum absolute atomic E-state index is 5.46. The highest BCUT2D eigenvalue weighted by molar-refractivity contribution is 5.93. The van der Waals surface area contributed by atoms with Gasteiger partial charge in [-0.25, -0.2) is 0 Å². The van der Waals surface area contributed by atoms with Crippen molar-refractivity contribution in [3.05, 3.63) is 71.1 Å². The number of nitrogens with zero attached hydrogens (tertiary/aromatic N) is 2. The lowest BCUT2D eigenvalue weighted by atomic mass is 9.90. The molecule has 0 saturated heterocycles. The lowest BCUT2D eigenvalue weighted by Gasteiger charge is -2.18. The molecule has 6 heteroatoms. The molecule has 2 aromatic carbocycles. The van der Waals surface area contributed by atoms with Gasteiger partial charge in [0.25, 0.3) is 0 Å². The highest BCUT2D eigenvalue weighted by atomic mass is 16.5. The Kier molecular flexibility index (Phi) is 4.54. The van der Waals surface area contributed by atoms with E-state index in [9.17, 15) is 0 Å². The van der Waals surface area contributed by atoms with Crippen LogP contribution in [0.5, 0.6) is 5.75 Å². The molecule has 27 heavy (non-hydrogen) atoms. The van der Waals surface area contributed by atoms with Gasteiger partial charge in [-0.2, -0.15) is 0 Å². The van der Waals surface area contributed by atoms with Gasteiger partial charge < -0.3 is 19.1 Å².